The maximum atomic E-state index is 5.89. The van der Waals surface area contributed by atoms with Gasteiger partial charge in [0.25, 0.3) is 0 Å². The smallest absolute Gasteiger partial charge is 0.119 e. The molecule has 0 bridgehead atoms. The van der Waals surface area contributed by atoms with Gasteiger partial charge in [-0.3, -0.25) is 0 Å². The summed E-state index contributed by atoms with van der Waals surface area (Å²) < 4.78 is 5.54. The fraction of sp³-hybridized carbons (Fsp3) is 0.625. The lowest BCUT2D eigenvalue weighted by Gasteiger charge is -2.22. The van der Waals surface area contributed by atoms with Crippen LogP contribution in [0.1, 0.15) is 32.4 Å². The van der Waals surface area contributed by atoms with Gasteiger partial charge in [0.2, 0.25) is 0 Å². The number of ether oxygens (including phenoxy) is 1. The minimum absolute atomic E-state index is 0.186. The van der Waals surface area contributed by atoms with Crippen LogP contribution in [0.2, 0.25) is 0 Å². The van der Waals surface area contributed by atoms with E-state index in [0.717, 1.165) is 31.9 Å². The maximum absolute atomic E-state index is 5.89. The zero-order valence-corrected chi connectivity index (χ0v) is 13.1. The molecule has 1 unspecified atom stereocenters. The van der Waals surface area contributed by atoms with E-state index in [1.807, 2.05) is 19.1 Å². The summed E-state index contributed by atoms with van der Waals surface area (Å²) in [7, 11) is 0. The summed E-state index contributed by atoms with van der Waals surface area (Å²) in [5.74, 6) is 0.911. The van der Waals surface area contributed by atoms with Crippen molar-refractivity contribution in [2.24, 2.45) is 5.73 Å². The molecule has 4 nitrogen and oxygen atoms in total. The van der Waals surface area contributed by atoms with Crippen LogP contribution in [0, 0.1) is 0 Å². The van der Waals surface area contributed by atoms with Crippen molar-refractivity contribution in [1.82, 2.24) is 10.2 Å². The average molecular weight is 279 g/mol. The van der Waals surface area contributed by atoms with Crippen LogP contribution in [-0.2, 0) is 0 Å². The van der Waals surface area contributed by atoms with E-state index in [-0.39, 0.29) is 6.04 Å². The first-order valence-electron chi connectivity index (χ1n) is 7.63. The van der Waals surface area contributed by atoms with Crippen molar-refractivity contribution in [2.45, 2.75) is 26.8 Å². The third-order valence-corrected chi connectivity index (χ3v) is 3.52. The molecule has 0 radical (unpaired) electrons. The van der Waals surface area contributed by atoms with Gasteiger partial charge in [0.1, 0.15) is 5.75 Å². The summed E-state index contributed by atoms with van der Waals surface area (Å²) in [6.07, 6.45) is 0. The topological polar surface area (TPSA) is 50.5 Å². The molecule has 0 aliphatic rings. The van der Waals surface area contributed by atoms with E-state index in [1.165, 1.54) is 5.56 Å². The lowest BCUT2D eigenvalue weighted by atomic mass is 10.1. The molecule has 0 saturated heterocycles. The van der Waals surface area contributed by atoms with Gasteiger partial charge in [-0.1, -0.05) is 26.0 Å². The van der Waals surface area contributed by atoms with E-state index >= 15 is 0 Å². The summed E-state index contributed by atoms with van der Waals surface area (Å²) in [5, 5.41) is 3.53. The van der Waals surface area contributed by atoms with Crippen molar-refractivity contribution >= 4 is 0 Å². The Morgan fingerprint density at radius 3 is 2.60 bits per heavy atom. The van der Waals surface area contributed by atoms with Crippen molar-refractivity contribution in [3.8, 4) is 5.75 Å². The summed E-state index contributed by atoms with van der Waals surface area (Å²) >= 11 is 0. The van der Waals surface area contributed by atoms with Crippen LogP contribution in [0.3, 0.4) is 0 Å². The number of likely N-dealkylation sites (N-methyl/N-ethyl adjacent to an activating group) is 1. The summed E-state index contributed by atoms with van der Waals surface area (Å²) in [6.45, 7) is 11.8. The Kier molecular flexibility index (Phi) is 8.26. The van der Waals surface area contributed by atoms with Crippen LogP contribution in [0.25, 0.3) is 0 Å². The van der Waals surface area contributed by atoms with Crippen LogP contribution < -0.4 is 15.8 Å². The van der Waals surface area contributed by atoms with E-state index in [4.69, 9.17) is 10.5 Å². The van der Waals surface area contributed by atoms with Gasteiger partial charge in [0.15, 0.2) is 0 Å². The number of rotatable bonds is 10. The van der Waals surface area contributed by atoms with Crippen LogP contribution in [0.5, 0.6) is 5.75 Å². The van der Waals surface area contributed by atoms with E-state index < -0.39 is 0 Å². The minimum Gasteiger partial charge on any atom is -0.494 e. The first-order valence-corrected chi connectivity index (χ1v) is 7.63. The van der Waals surface area contributed by atoms with Gasteiger partial charge in [-0.15, -0.1) is 0 Å². The lowest BCUT2D eigenvalue weighted by molar-refractivity contribution is 0.296. The molecule has 0 aliphatic carbocycles. The molecular formula is C16H29N3O. The molecule has 20 heavy (non-hydrogen) atoms. The fourth-order valence-electron chi connectivity index (χ4n) is 2.26. The molecule has 0 heterocycles. The first-order chi connectivity index (χ1) is 9.74. The molecule has 0 saturated carbocycles. The summed E-state index contributed by atoms with van der Waals surface area (Å²) in [6, 6.07) is 8.37. The predicted molar refractivity (Wildman–Crippen MR) is 85.2 cm³/mol. The highest BCUT2D eigenvalue weighted by Gasteiger charge is 2.10. The van der Waals surface area contributed by atoms with Crippen LogP contribution in [0.4, 0.5) is 0 Å². The highest BCUT2D eigenvalue weighted by Crippen LogP contribution is 2.18. The molecule has 0 fully saturated rings. The SMILES string of the molecule is CCOc1cccc(C(CN)NCCN(CC)CC)c1. The zero-order valence-electron chi connectivity index (χ0n) is 13.1. The fourth-order valence-corrected chi connectivity index (χ4v) is 2.26. The first kappa shape index (κ1) is 17.0. The largest absolute Gasteiger partial charge is 0.494 e. The average Bonchev–Trinajstić information content (AvgIpc) is 2.48. The quantitative estimate of drug-likeness (QED) is 0.688. The highest BCUT2D eigenvalue weighted by atomic mass is 16.5. The van der Waals surface area contributed by atoms with Crippen LogP contribution >= 0.6 is 0 Å². The molecule has 0 aromatic heterocycles. The van der Waals surface area contributed by atoms with E-state index in [2.05, 4.69) is 36.2 Å². The molecule has 0 amide bonds. The van der Waals surface area contributed by atoms with Crippen molar-refractivity contribution in [1.29, 1.82) is 0 Å². The predicted octanol–water partition coefficient (Wildman–Crippen LogP) is 2.02. The normalized spacial score (nSPS) is 12.7. The molecule has 1 rings (SSSR count). The van der Waals surface area contributed by atoms with Gasteiger partial charge < -0.3 is 20.7 Å². The second-order valence-electron chi connectivity index (χ2n) is 4.77. The number of hydrogen-bond donors (Lipinski definition) is 2. The Hall–Kier alpha value is -1.10. The molecule has 0 spiro atoms. The van der Waals surface area contributed by atoms with E-state index in [0.29, 0.717) is 13.2 Å². The number of hydrogen-bond acceptors (Lipinski definition) is 4. The monoisotopic (exact) mass is 279 g/mol. The molecule has 114 valence electrons. The molecule has 1 atom stereocenters. The second kappa shape index (κ2) is 9.75. The zero-order chi connectivity index (χ0) is 14.8. The third-order valence-electron chi connectivity index (χ3n) is 3.52. The molecule has 1 aromatic carbocycles. The van der Waals surface area contributed by atoms with Gasteiger partial charge in [0.05, 0.1) is 6.61 Å². The Labute approximate surface area is 123 Å². The van der Waals surface area contributed by atoms with E-state index in [9.17, 15) is 0 Å². The molecule has 1 aromatic rings. The molecule has 4 heteroatoms. The van der Waals surface area contributed by atoms with Gasteiger partial charge in [0, 0.05) is 25.7 Å². The lowest BCUT2D eigenvalue weighted by Crippen LogP contribution is -2.36. The minimum atomic E-state index is 0.186. The van der Waals surface area contributed by atoms with Crippen molar-refractivity contribution in [3.05, 3.63) is 29.8 Å². The third kappa shape index (κ3) is 5.49. The Morgan fingerprint density at radius 2 is 2.00 bits per heavy atom. The maximum Gasteiger partial charge on any atom is 0.119 e. The summed E-state index contributed by atoms with van der Waals surface area (Å²) in [5.41, 5.74) is 7.09. The van der Waals surface area contributed by atoms with Gasteiger partial charge >= 0.3 is 0 Å². The van der Waals surface area contributed by atoms with Crippen LogP contribution in [-0.4, -0.2) is 44.2 Å². The second-order valence-corrected chi connectivity index (χ2v) is 4.77. The van der Waals surface area contributed by atoms with Gasteiger partial charge in [-0.2, -0.15) is 0 Å². The molecule has 3 N–H and O–H groups in total. The Morgan fingerprint density at radius 1 is 1.25 bits per heavy atom. The summed E-state index contributed by atoms with van der Waals surface area (Å²) in [4.78, 5) is 2.40. The van der Waals surface area contributed by atoms with E-state index in [1.54, 1.807) is 0 Å². The molecular weight excluding hydrogens is 250 g/mol. The number of benzene rings is 1. The number of nitrogens with zero attached hydrogens (tertiary/aromatic N) is 1. The molecule has 0 aliphatic heterocycles. The van der Waals surface area contributed by atoms with Gasteiger partial charge in [-0.05, 0) is 37.7 Å². The standard InChI is InChI=1S/C16H29N3O/c1-4-19(5-2)11-10-18-16(13-17)14-8-7-9-15(12-14)20-6-3/h7-9,12,16,18H,4-6,10-11,13,17H2,1-3H3. The van der Waals surface area contributed by atoms with Crippen LogP contribution in [0.15, 0.2) is 24.3 Å². The van der Waals surface area contributed by atoms with Gasteiger partial charge in [-0.25, -0.2) is 0 Å². The Bertz CT molecular complexity index is 366. The van der Waals surface area contributed by atoms with Crippen molar-refractivity contribution in [2.75, 3.05) is 39.3 Å². The number of nitrogens with one attached hydrogen (secondary N) is 1. The highest BCUT2D eigenvalue weighted by molar-refractivity contribution is 5.30. The Balaban J connectivity index is 2.54. The van der Waals surface area contributed by atoms with Crippen molar-refractivity contribution < 1.29 is 4.74 Å². The number of nitrogens with two attached hydrogens (primary N) is 1. The van der Waals surface area contributed by atoms with Crippen molar-refractivity contribution in [3.63, 3.8) is 0 Å².